The molecule has 0 saturated carbocycles. The van der Waals surface area contributed by atoms with E-state index in [1.807, 2.05) is 19.1 Å². The molecule has 0 unspecified atom stereocenters. The maximum Gasteiger partial charge on any atom is 0.256 e. The van der Waals surface area contributed by atoms with E-state index in [1.165, 1.54) is 0 Å². The molecule has 1 saturated heterocycles. The molecule has 2 heterocycles. The molecule has 1 fully saturated rings. The molecule has 3 rings (SSSR count). The number of hydrogen-bond donors (Lipinski definition) is 1. The van der Waals surface area contributed by atoms with Crippen molar-refractivity contribution in [1.29, 1.82) is 0 Å². The van der Waals surface area contributed by atoms with Crippen molar-refractivity contribution in [2.45, 2.75) is 19.8 Å². The van der Waals surface area contributed by atoms with Gasteiger partial charge in [0.15, 0.2) is 0 Å². The van der Waals surface area contributed by atoms with Crippen LogP contribution in [0, 0.1) is 10.5 Å². The van der Waals surface area contributed by atoms with Crippen LogP contribution in [0.4, 0.5) is 11.5 Å². The number of carbonyl (C=O) groups excluding carboxylic acids is 2. The van der Waals surface area contributed by atoms with Crippen LogP contribution < -0.4 is 10.2 Å². The number of aryl methyl sites for hydroxylation is 1. The monoisotopic (exact) mass is 421 g/mol. The van der Waals surface area contributed by atoms with E-state index in [0.717, 1.165) is 21.4 Å². The molecule has 118 valence electrons. The van der Waals surface area contributed by atoms with Gasteiger partial charge in [0.25, 0.3) is 5.91 Å². The first-order valence-corrected chi connectivity index (χ1v) is 8.47. The molecule has 2 aromatic rings. The van der Waals surface area contributed by atoms with E-state index in [9.17, 15) is 9.59 Å². The predicted octanol–water partition coefficient (Wildman–Crippen LogP) is 3.37. The van der Waals surface area contributed by atoms with Gasteiger partial charge in [-0.25, -0.2) is 4.98 Å². The maximum absolute atomic E-state index is 12.4. The number of nitrogens with zero attached hydrogens (tertiary/aromatic N) is 2. The van der Waals surface area contributed by atoms with Gasteiger partial charge in [-0.15, -0.1) is 0 Å². The molecule has 1 aliphatic rings. The van der Waals surface area contributed by atoms with Gasteiger partial charge in [-0.1, -0.05) is 6.07 Å². The van der Waals surface area contributed by atoms with Crippen molar-refractivity contribution in [2.24, 2.45) is 0 Å². The lowest BCUT2D eigenvalue weighted by Crippen LogP contribution is -2.24. The molecule has 2 amide bonds. The number of anilines is 2. The van der Waals surface area contributed by atoms with Crippen LogP contribution in [0.5, 0.6) is 0 Å². The molecule has 0 spiro atoms. The number of carbonyl (C=O) groups is 2. The lowest BCUT2D eigenvalue weighted by molar-refractivity contribution is -0.117. The molecule has 1 N–H and O–H groups in total. The summed E-state index contributed by atoms with van der Waals surface area (Å²) in [7, 11) is 0. The molecule has 1 aliphatic heterocycles. The molecular formula is C17H16IN3O2. The van der Waals surface area contributed by atoms with Crippen LogP contribution in [0.25, 0.3) is 0 Å². The molecular weight excluding hydrogens is 405 g/mol. The fourth-order valence-electron chi connectivity index (χ4n) is 2.54. The minimum absolute atomic E-state index is 0.109. The average Bonchev–Trinajstić information content (AvgIpc) is 2.97. The fourth-order valence-corrected chi connectivity index (χ4v) is 2.84. The average molecular weight is 421 g/mol. The summed E-state index contributed by atoms with van der Waals surface area (Å²) in [6.07, 6.45) is 1.43. The first kappa shape index (κ1) is 15.9. The van der Waals surface area contributed by atoms with Gasteiger partial charge in [-0.3, -0.25) is 9.59 Å². The number of aromatic nitrogens is 1. The summed E-state index contributed by atoms with van der Waals surface area (Å²) in [5, 5.41) is 2.80. The number of rotatable bonds is 3. The normalized spacial score (nSPS) is 14.2. The van der Waals surface area contributed by atoms with Crippen molar-refractivity contribution in [3.8, 4) is 0 Å². The summed E-state index contributed by atoms with van der Waals surface area (Å²) in [4.78, 5) is 30.3. The molecule has 0 radical (unpaired) electrons. The van der Waals surface area contributed by atoms with Crippen molar-refractivity contribution in [3.05, 3.63) is 51.2 Å². The topological polar surface area (TPSA) is 62.3 Å². The number of benzene rings is 1. The van der Waals surface area contributed by atoms with Crippen molar-refractivity contribution < 1.29 is 9.59 Å². The summed E-state index contributed by atoms with van der Waals surface area (Å²) in [6, 6.07) is 10.8. The summed E-state index contributed by atoms with van der Waals surface area (Å²) in [6.45, 7) is 2.61. The van der Waals surface area contributed by atoms with E-state index in [4.69, 9.17) is 0 Å². The van der Waals surface area contributed by atoms with Crippen molar-refractivity contribution in [2.75, 3.05) is 16.8 Å². The Hall–Kier alpha value is -1.96. The number of amides is 2. The zero-order valence-corrected chi connectivity index (χ0v) is 14.8. The second kappa shape index (κ2) is 6.66. The Kier molecular flexibility index (Phi) is 4.61. The smallest absolute Gasteiger partial charge is 0.256 e. The van der Waals surface area contributed by atoms with Crippen LogP contribution >= 0.6 is 22.6 Å². The van der Waals surface area contributed by atoms with Gasteiger partial charge in [0, 0.05) is 27.8 Å². The van der Waals surface area contributed by atoms with Crippen LogP contribution in [0.1, 0.15) is 28.9 Å². The largest absolute Gasteiger partial charge is 0.312 e. The molecule has 1 aromatic carbocycles. The molecule has 1 aromatic heterocycles. The Labute approximate surface area is 148 Å². The highest BCUT2D eigenvalue weighted by Crippen LogP contribution is 2.22. The number of hydrogen-bond acceptors (Lipinski definition) is 3. The zero-order valence-electron chi connectivity index (χ0n) is 12.7. The molecule has 6 heteroatoms. The van der Waals surface area contributed by atoms with Crippen LogP contribution in [0.2, 0.25) is 0 Å². The van der Waals surface area contributed by atoms with E-state index < -0.39 is 0 Å². The molecule has 5 nitrogen and oxygen atoms in total. The number of pyridine rings is 1. The standard InChI is InChI=1S/C17H16IN3O2/c1-11-14(18)7-8-15(19-11)20-17(23)12-4-2-5-13(10-12)21-9-3-6-16(21)22/h2,4-5,7-8,10H,3,6,9H2,1H3,(H,19,20,23). The van der Waals surface area contributed by atoms with Gasteiger partial charge < -0.3 is 10.2 Å². The molecule has 0 aliphatic carbocycles. The lowest BCUT2D eigenvalue weighted by Gasteiger charge is -2.16. The van der Waals surface area contributed by atoms with E-state index in [0.29, 0.717) is 24.3 Å². The first-order chi connectivity index (χ1) is 11.0. The Morgan fingerprint density at radius 3 is 2.83 bits per heavy atom. The Morgan fingerprint density at radius 2 is 2.13 bits per heavy atom. The summed E-state index contributed by atoms with van der Waals surface area (Å²) < 4.78 is 1.05. The third-order valence-electron chi connectivity index (χ3n) is 3.76. The van der Waals surface area contributed by atoms with E-state index in [2.05, 4.69) is 32.9 Å². The Balaban J connectivity index is 1.79. The SMILES string of the molecule is Cc1nc(NC(=O)c2cccc(N3CCCC3=O)c2)ccc1I. The predicted molar refractivity (Wildman–Crippen MR) is 97.7 cm³/mol. The lowest BCUT2D eigenvalue weighted by atomic mass is 10.1. The minimum atomic E-state index is -0.230. The third-order valence-corrected chi connectivity index (χ3v) is 4.90. The highest BCUT2D eigenvalue weighted by Gasteiger charge is 2.22. The van der Waals surface area contributed by atoms with Crippen molar-refractivity contribution >= 4 is 45.9 Å². The van der Waals surface area contributed by atoms with Crippen molar-refractivity contribution in [3.63, 3.8) is 0 Å². The fraction of sp³-hybridized carbons (Fsp3) is 0.235. The number of nitrogens with one attached hydrogen (secondary N) is 1. The van der Waals surface area contributed by atoms with Crippen LogP contribution in [0.3, 0.4) is 0 Å². The van der Waals surface area contributed by atoms with Gasteiger partial charge in [-0.2, -0.15) is 0 Å². The summed E-state index contributed by atoms with van der Waals surface area (Å²) in [5.41, 5.74) is 2.16. The second-order valence-corrected chi connectivity index (χ2v) is 6.58. The van der Waals surface area contributed by atoms with Crippen LogP contribution in [-0.2, 0) is 4.79 Å². The molecule has 0 atom stereocenters. The quantitative estimate of drug-likeness (QED) is 0.774. The van der Waals surface area contributed by atoms with Gasteiger partial charge >= 0.3 is 0 Å². The van der Waals surface area contributed by atoms with Crippen molar-refractivity contribution in [1.82, 2.24) is 4.98 Å². The third kappa shape index (κ3) is 3.52. The highest BCUT2D eigenvalue weighted by molar-refractivity contribution is 14.1. The summed E-state index contributed by atoms with van der Waals surface area (Å²) >= 11 is 2.20. The Morgan fingerprint density at radius 1 is 1.30 bits per heavy atom. The van der Waals surface area contributed by atoms with Gasteiger partial charge in [-0.05, 0) is 66.3 Å². The highest BCUT2D eigenvalue weighted by atomic mass is 127. The molecule has 0 bridgehead atoms. The van der Waals surface area contributed by atoms with E-state index >= 15 is 0 Å². The molecule has 23 heavy (non-hydrogen) atoms. The van der Waals surface area contributed by atoms with Crippen LogP contribution in [-0.4, -0.2) is 23.3 Å². The number of halogens is 1. The summed E-state index contributed by atoms with van der Waals surface area (Å²) in [5.74, 6) is 0.402. The van der Waals surface area contributed by atoms with Gasteiger partial charge in [0.2, 0.25) is 5.91 Å². The second-order valence-electron chi connectivity index (χ2n) is 5.42. The Bertz CT molecular complexity index is 776. The van der Waals surface area contributed by atoms with E-state index in [-0.39, 0.29) is 11.8 Å². The van der Waals surface area contributed by atoms with Gasteiger partial charge in [0.05, 0.1) is 5.69 Å². The van der Waals surface area contributed by atoms with Crippen LogP contribution in [0.15, 0.2) is 36.4 Å². The zero-order chi connectivity index (χ0) is 16.4. The maximum atomic E-state index is 12.4. The first-order valence-electron chi connectivity index (χ1n) is 7.39. The minimum Gasteiger partial charge on any atom is -0.312 e. The van der Waals surface area contributed by atoms with E-state index in [1.54, 1.807) is 29.2 Å². The van der Waals surface area contributed by atoms with Gasteiger partial charge in [0.1, 0.15) is 5.82 Å².